The molecule has 0 radical (unpaired) electrons. The lowest BCUT2D eigenvalue weighted by Crippen LogP contribution is -2.45. The third-order valence-electron chi connectivity index (χ3n) is 3.08. The Balaban J connectivity index is 1.81. The molecule has 0 unspecified atom stereocenters. The van der Waals surface area contributed by atoms with E-state index in [0.717, 1.165) is 31.9 Å². The molecule has 1 amide bonds. The topological polar surface area (TPSA) is 75.9 Å². The number of amides is 1. The van der Waals surface area contributed by atoms with Crippen molar-refractivity contribution in [2.75, 3.05) is 23.7 Å². The van der Waals surface area contributed by atoms with Crippen LogP contribution < -0.4 is 10.2 Å². The quantitative estimate of drug-likeness (QED) is 0.729. The maximum atomic E-state index is 11.5. The Morgan fingerprint density at radius 3 is 2.78 bits per heavy atom. The highest BCUT2D eigenvalue weighted by molar-refractivity contribution is 7.80. The molecule has 0 atom stereocenters. The van der Waals surface area contributed by atoms with E-state index >= 15 is 0 Å². The molecule has 8 heteroatoms. The molecule has 18 heavy (non-hydrogen) atoms. The molecule has 1 aliphatic rings. The summed E-state index contributed by atoms with van der Waals surface area (Å²) in [6.07, 6.45) is 2.33. The van der Waals surface area contributed by atoms with Gasteiger partial charge in [-0.15, -0.1) is 0 Å². The summed E-state index contributed by atoms with van der Waals surface area (Å²) in [6.45, 7) is 1.72. The molecule has 7 nitrogen and oxygen atoms in total. The molecule has 0 bridgehead atoms. The minimum absolute atomic E-state index is 0.0868. The van der Waals surface area contributed by atoms with Crippen molar-refractivity contribution in [1.82, 2.24) is 25.5 Å². The molecule has 1 aliphatic heterocycles. The van der Waals surface area contributed by atoms with Gasteiger partial charge in [0.05, 0.1) is 0 Å². The fourth-order valence-electron chi connectivity index (χ4n) is 2.12. The first-order valence-corrected chi connectivity index (χ1v) is 6.71. The second-order valence-electron chi connectivity index (χ2n) is 4.40. The normalized spacial score (nSPS) is 16.9. The number of nitrogens with one attached hydrogen (secondary N) is 1. The van der Waals surface area contributed by atoms with Gasteiger partial charge in [-0.3, -0.25) is 4.79 Å². The van der Waals surface area contributed by atoms with Gasteiger partial charge in [0.2, 0.25) is 11.9 Å². The zero-order valence-electron chi connectivity index (χ0n) is 10.4. The Bertz CT molecular complexity index is 401. The molecule has 2 rings (SSSR count). The Morgan fingerprint density at radius 1 is 1.50 bits per heavy atom. The Kier molecular flexibility index (Phi) is 4.40. The van der Waals surface area contributed by atoms with Crippen molar-refractivity contribution in [2.45, 2.75) is 25.3 Å². The molecule has 0 spiro atoms. The van der Waals surface area contributed by atoms with E-state index in [9.17, 15) is 4.79 Å². The van der Waals surface area contributed by atoms with Crippen molar-refractivity contribution >= 4 is 24.5 Å². The molecular weight excluding hydrogens is 252 g/mol. The number of rotatable bonds is 4. The third-order valence-corrected chi connectivity index (χ3v) is 3.30. The molecule has 100 valence electrons. The van der Waals surface area contributed by atoms with Crippen LogP contribution >= 0.6 is 12.6 Å². The molecule has 1 aromatic rings. The maximum Gasteiger partial charge on any atom is 0.245 e. The Labute approximate surface area is 111 Å². The lowest BCUT2D eigenvalue weighted by Gasteiger charge is -2.32. The molecule has 1 fully saturated rings. The second kappa shape index (κ2) is 6.03. The number of aromatic nitrogens is 4. The third kappa shape index (κ3) is 3.12. The van der Waals surface area contributed by atoms with Crippen LogP contribution in [0.1, 0.15) is 19.3 Å². The van der Waals surface area contributed by atoms with Gasteiger partial charge in [-0.1, -0.05) is 5.10 Å². The number of thiol groups is 1. The van der Waals surface area contributed by atoms with Gasteiger partial charge in [0.15, 0.2) is 0 Å². The van der Waals surface area contributed by atoms with E-state index in [-0.39, 0.29) is 11.9 Å². The number of hydrogen-bond donors (Lipinski definition) is 2. The van der Waals surface area contributed by atoms with E-state index in [2.05, 4.69) is 38.4 Å². The summed E-state index contributed by atoms with van der Waals surface area (Å²) in [5.74, 6) is 1.47. The minimum Gasteiger partial charge on any atom is -0.353 e. The van der Waals surface area contributed by atoms with Crippen molar-refractivity contribution < 1.29 is 4.79 Å². The van der Waals surface area contributed by atoms with E-state index in [1.807, 2.05) is 7.05 Å². The Morgan fingerprint density at radius 2 is 2.22 bits per heavy atom. The number of nitrogens with zero attached hydrogens (tertiary/aromatic N) is 5. The van der Waals surface area contributed by atoms with E-state index in [0.29, 0.717) is 12.2 Å². The van der Waals surface area contributed by atoms with Crippen LogP contribution in [0.3, 0.4) is 0 Å². The summed E-state index contributed by atoms with van der Waals surface area (Å²) in [4.78, 5) is 13.6. The van der Waals surface area contributed by atoms with E-state index in [1.54, 1.807) is 4.68 Å². The van der Waals surface area contributed by atoms with Crippen LogP contribution in [0.5, 0.6) is 0 Å². The monoisotopic (exact) mass is 270 g/mol. The molecule has 1 aromatic heterocycles. The molecular formula is C10H18N6OS. The highest BCUT2D eigenvalue weighted by Crippen LogP contribution is 2.16. The van der Waals surface area contributed by atoms with Crippen LogP contribution in [0.25, 0.3) is 0 Å². The van der Waals surface area contributed by atoms with Crippen molar-refractivity contribution in [2.24, 2.45) is 7.05 Å². The van der Waals surface area contributed by atoms with Crippen LogP contribution in [0, 0.1) is 0 Å². The summed E-state index contributed by atoms with van der Waals surface area (Å²) >= 11 is 4.05. The average Bonchev–Trinajstić information content (AvgIpc) is 2.77. The van der Waals surface area contributed by atoms with Gasteiger partial charge in [-0.25, -0.2) is 4.68 Å². The fraction of sp³-hybridized carbons (Fsp3) is 0.800. The molecule has 0 aromatic carbocycles. The summed E-state index contributed by atoms with van der Waals surface area (Å²) in [7, 11) is 1.83. The van der Waals surface area contributed by atoms with Gasteiger partial charge < -0.3 is 10.2 Å². The highest BCUT2D eigenvalue weighted by Gasteiger charge is 2.23. The fourth-order valence-corrected chi connectivity index (χ4v) is 2.32. The smallest absolute Gasteiger partial charge is 0.245 e. The molecule has 0 aliphatic carbocycles. The summed E-state index contributed by atoms with van der Waals surface area (Å²) in [6, 6.07) is 0.259. The van der Waals surface area contributed by atoms with Crippen LogP contribution in [-0.2, 0) is 11.8 Å². The van der Waals surface area contributed by atoms with Gasteiger partial charge in [0.25, 0.3) is 0 Å². The van der Waals surface area contributed by atoms with Crippen molar-refractivity contribution in [1.29, 1.82) is 0 Å². The summed E-state index contributed by atoms with van der Waals surface area (Å²) in [5, 5.41) is 14.5. The predicted molar refractivity (Wildman–Crippen MR) is 70.6 cm³/mol. The van der Waals surface area contributed by atoms with Gasteiger partial charge >= 0.3 is 0 Å². The number of tetrazole rings is 1. The number of piperidine rings is 1. The molecule has 1 N–H and O–H groups in total. The second-order valence-corrected chi connectivity index (χ2v) is 4.85. The lowest BCUT2D eigenvalue weighted by molar-refractivity contribution is -0.121. The molecule has 2 heterocycles. The van der Waals surface area contributed by atoms with Crippen LogP contribution in [0.4, 0.5) is 5.95 Å². The Hall–Kier alpha value is -1.31. The zero-order chi connectivity index (χ0) is 13.0. The first-order chi connectivity index (χ1) is 8.70. The first kappa shape index (κ1) is 13.1. The number of anilines is 1. The summed E-state index contributed by atoms with van der Waals surface area (Å²) in [5.41, 5.74) is 0. The summed E-state index contributed by atoms with van der Waals surface area (Å²) < 4.78 is 1.67. The van der Waals surface area contributed by atoms with E-state index < -0.39 is 0 Å². The van der Waals surface area contributed by atoms with Gasteiger partial charge in [0, 0.05) is 32.6 Å². The number of carbonyl (C=O) groups excluding carboxylic acids is 1. The highest BCUT2D eigenvalue weighted by atomic mass is 32.1. The van der Waals surface area contributed by atoms with Gasteiger partial charge in [-0.05, 0) is 29.0 Å². The number of hydrogen-bond acceptors (Lipinski definition) is 6. The number of carbonyl (C=O) groups is 1. The van der Waals surface area contributed by atoms with E-state index in [1.165, 1.54) is 0 Å². The standard InChI is InChI=1S/C10H18N6OS/c1-15-10(12-13-14-15)16-5-2-8(3-6-16)11-9(17)4-7-18/h8,18H,2-7H2,1H3,(H,11,17). The first-order valence-electron chi connectivity index (χ1n) is 6.08. The SMILES string of the molecule is Cn1nnnc1N1CCC(NC(=O)CCS)CC1. The number of aryl methyl sites for hydroxylation is 1. The predicted octanol–water partition coefficient (Wildman–Crippen LogP) is -0.385. The van der Waals surface area contributed by atoms with Crippen molar-refractivity contribution in [3.05, 3.63) is 0 Å². The average molecular weight is 270 g/mol. The van der Waals surface area contributed by atoms with Crippen LogP contribution in [0.15, 0.2) is 0 Å². The lowest BCUT2D eigenvalue weighted by atomic mass is 10.1. The van der Waals surface area contributed by atoms with Crippen molar-refractivity contribution in [3.8, 4) is 0 Å². The van der Waals surface area contributed by atoms with Gasteiger partial charge in [0.1, 0.15) is 0 Å². The van der Waals surface area contributed by atoms with Crippen LogP contribution in [0.2, 0.25) is 0 Å². The van der Waals surface area contributed by atoms with E-state index in [4.69, 9.17) is 0 Å². The molecule has 1 saturated heterocycles. The van der Waals surface area contributed by atoms with Gasteiger partial charge in [-0.2, -0.15) is 12.6 Å². The maximum absolute atomic E-state index is 11.5. The molecule has 0 saturated carbocycles. The zero-order valence-corrected chi connectivity index (χ0v) is 11.3. The van der Waals surface area contributed by atoms with Crippen LogP contribution in [-0.4, -0.2) is 51.0 Å². The largest absolute Gasteiger partial charge is 0.353 e. The minimum atomic E-state index is 0.0868. The van der Waals surface area contributed by atoms with Crippen molar-refractivity contribution in [3.63, 3.8) is 0 Å².